The van der Waals surface area contributed by atoms with Crippen molar-refractivity contribution >= 4 is 11.6 Å². The molecule has 2 rings (SSSR count). The van der Waals surface area contributed by atoms with Gasteiger partial charge >= 0.3 is 0 Å². The van der Waals surface area contributed by atoms with E-state index in [9.17, 15) is 9.59 Å². The van der Waals surface area contributed by atoms with Gasteiger partial charge in [0.1, 0.15) is 6.54 Å². The van der Waals surface area contributed by atoms with Gasteiger partial charge in [-0.3, -0.25) is 9.59 Å². The zero-order chi connectivity index (χ0) is 15.5. The number of nitrogens with one attached hydrogen (secondary N) is 1. The van der Waals surface area contributed by atoms with Gasteiger partial charge in [-0.2, -0.15) is 0 Å². The Labute approximate surface area is 124 Å². The fraction of sp³-hybridized carbons (Fsp3) is 0.294. The molecular formula is C17H20N2O2. The molecule has 21 heavy (non-hydrogen) atoms. The van der Waals surface area contributed by atoms with Crippen molar-refractivity contribution in [2.45, 2.75) is 32.7 Å². The van der Waals surface area contributed by atoms with Crippen LogP contribution in [-0.4, -0.2) is 10.5 Å². The molecule has 1 heterocycles. The predicted molar refractivity (Wildman–Crippen MR) is 84.5 cm³/mol. The molecule has 0 saturated carbocycles. The Morgan fingerprint density at radius 2 is 1.76 bits per heavy atom. The number of aromatic nitrogens is 1. The number of carbonyl (C=O) groups is 1. The molecular weight excluding hydrogens is 264 g/mol. The summed E-state index contributed by atoms with van der Waals surface area (Å²) in [7, 11) is 0. The van der Waals surface area contributed by atoms with E-state index in [1.54, 1.807) is 18.3 Å². The summed E-state index contributed by atoms with van der Waals surface area (Å²) in [5, 5.41) is 2.80. The van der Waals surface area contributed by atoms with Crippen molar-refractivity contribution in [2.75, 3.05) is 5.32 Å². The number of pyridine rings is 1. The van der Waals surface area contributed by atoms with Crippen LogP contribution in [0.2, 0.25) is 0 Å². The van der Waals surface area contributed by atoms with E-state index in [1.165, 1.54) is 16.2 Å². The maximum absolute atomic E-state index is 11.9. The Bertz CT molecular complexity index is 679. The molecule has 0 unspecified atom stereocenters. The number of hydrogen-bond donors (Lipinski definition) is 1. The van der Waals surface area contributed by atoms with Crippen LogP contribution in [0.25, 0.3) is 0 Å². The van der Waals surface area contributed by atoms with Crippen LogP contribution in [0.15, 0.2) is 53.5 Å². The minimum atomic E-state index is -0.216. The highest BCUT2D eigenvalue weighted by atomic mass is 16.2. The second-order valence-corrected chi connectivity index (χ2v) is 6.04. The highest BCUT2D eigenvalue weighted by Gasteiger charge is 2.13. The van der Waals surface area contributed by atoms with Gasteiger partial charge < -0.3 is 9.88 Å². The van der Waals surface area contributed by atoms with Crippen LogP contribution in [0.3, 0.4) is 0 Å². The monoisotopic (exact) mass is 284 g/mol. The first kappa shape index (κ1) is 15.0. The summed E-state index contributed by atoms with van der Waals surface area (Å²) < 4.78 is 1.37. The van der Waals surface area contributed by atoms with Crippen LogP contribution < -0.4 is 10.9 Å². The van der Waals surface area contributed by atoms with Gasteiger partial charge in [-0.1, -0.05) is 39.0 Å². The Morgan fingerprint density at radius 3 is 2.33 bits per heavy atom. The standard InChI is InChI=1S/C17H20N2O2/c1-17(2,3)13-7-9-14(10-8-13)18-15(20)12-19-11-5-4-6-16(19)21/h4-11H,12H2,1-3H3,(H,18,20). The molecule has 1 aromatic carbocycles. The minimum Gasteiger partial charge on any atom is -0.325 e. The van der Waals surface area contributed by atoms with Crippen molar-refractivity contribution in [3.8, 4) is 0 Å². The summed E-state index contributed by atoms with van der Waals surface area (Å²) in [5.74, 6) is -0.216. The number of rotatable bonds is 3. The summed E-state index contributed by atoms with van der Waals surface area (Å²) in [6.07, 6.45) is 1.60. The summed E-state index contributed by atoms with van der Waals surface area (Å²) in [6.45, 7) is 6.44. The second kappa shape index (κ2) is 5.95. The van der Waals surface area contributed by atoms with Crippen molar-refractivity contribution in [2.24, 2.45) is 0 Å². The summed E-state index contributed by atoms with van der Waals surface area (Å²) in [4.78, 5) is 23.5. The van der Waals surface area contributed by atoms with Crippen LogP contribution in [-0.2, 0) is 16.8 Å². The maximum Gasteiger partial charge on any atom is 0.250 e. The molecule has 0 radical (unpaired) electrons. The van der Waals surface area contributed by atoms with Gasteiger partial charge in [0.2, 0.25) is 5.91 Å². The third-order valence-corrected chi connectivity index (χ3v) is 3.25. The Kier molecular flexibility index (Phi) is 4.26. The van der Waals surface area contributed by atoms with Crippen LogP contribution >= 0.6 is 0 Å². The summed E-state index contributed by atoms with van der Waals surface area (Å²) in [6, 6.07) is 12.6. The van der Waals surface area contributed by atoms with Crippen LogP contribution in [0.1, 0.15) is 26.3 Å². The highest BCUT2D eigenvalue weighted by Crippen LogP contribution is 2.23. The van der Waals surface area contributed by atoms with E-state index in [-0.39, 0.29) is 23.4 Å². The van der Waals surface area contributed by atoms with Crippen LogP contribution in [0, 0.1) is 0 Å². The number of amides is 1. The quantitative estimate of drug-likeness (QED) is 0.942. The van der Waals surface area contributed by atoms with E-state index in [0.717, 1.165) is 5.69 Å². The third-order valence-electron chi connectivity index (χ3n) is 3.25. The van der Waals surface area contributed by atoms with Gasteiger partial charge in [0.25, 0.3) is 5.56 Å². The van der Waals surface area contributed by atoms with E-state index in [2.05, 4.69) is 26.1 Å². The molecule has 0 aliphatic rings. The molecule has 4 heteroatoms. The summed E-state index contributed by atoms with van der Waals surface area (Å²) in [5.41, 5.74) is 1.84. The minimum absolute atomic E-state index is 0.0146. The zero-order valence-corrected chi connectivity index (χ0v) is 12.6. The van der Waals surface area contributed by atoms with E-state index >= 15 is 0 Å². The number of nitrogens with zero attached hydrogens (tertiary/aromatic N) is 1. The number of hydrogen-bond acceptors (Lipinski definition) is 2. The smallest absolute Gasteiger partial charge is 0.250 e. The molecule has 1 N–H and O–H groups in total. The molecule has 0 spiro atoms. The van der Waals surface area contributed by atoms with Gasteiger partial charge in [0.05, 0.1) is 0 Å². The fourth-order valence-corrected chi connectivity index (χ4v) is 2.00. The lowest BCUT2D eigenvalue weighted by Gasteiger charge is -2.19. The number of carbonyl (C=O) groups excluding carboxylic acids is 1. The van der Waals surface area contributed by atoms with Gasteiger partial charge in [-0.05, 0) is 29.2 Å². The number of benzene rings is 1. The first-order valence-corrected chi connectivity index (χ1v) is 6.92. The molecule has 1 amide bonds. The van der Waals surface area contributed by atoms with E-state index in [0.29, 0.717) is 0 Å². The molecule has 110 valence electrons. The lowest BCUT2D eigenvalue weighted by molar-refractivity contribution is -0.116. The Hall–Kier alpha value is -2.36. The molecule has 0 bridgehead atoms. The summed E-state index contributed by atoms with van der Waals surface area (Å²) >= 11 is 0. The van der Waals surface area contributed by atoms with Crippen molar-refractivity contribution in [1.82, 2.24) is 4.57 Å². The van der Waals surface area contributed by atoms with Gasteiger partial charge in [-0.25, -0.2) is 0 Å². The first-order valence-electron chi connectivity index (χ1n) is 6.92. The molecule has 0 saturated heterocycles. The van der Waals surface area contributed by atoms with Crippen LogP contribution in [0.5, 0.6) is 0 Å². The normalized spacial score (nSPS) is 11.2. The van der Waals surface area contributed by atoms with Gasteiger partial charge in [0.15, 0.2) is 0 Å². The van der Waals surface area contributed by atoms with E-state index < -0.39 is 0 Å². The predicted octanol–water partition coefficient (Wildman–Crippen LogP) is 2.78. The van der Waals surface area contributed by atoms with E-state index in [4.69, 9.17) is 0 Å². The first-order chi connectivity index (χ1) is 9.86. The maximum atomic E-state index is 11.9. The lowest BCUT2D eigenvalue weighted by atomic mass is 9.87. The van der Waals surface area contributed by atoms with Crippen molar-refractivity contribution in [3.63, 3.8) is 0 Å². The molecule has 0 fully saturated rings. The SMILES string of the molecule is CC(C)(C)c1ccc(NC(=O)Cn2ccccc2=O)cc1. The Balaban J connectivity index is 2.03. The lowest BCUT2D eigenvalue weighted by Crippen LogP contribution is -2.26. The van der Waals surface area contributed by atoms with E-state index in [1.807, 2.05) is 24.3 Å². The van der Waals surface area contributed by atoms with Crippen LogP contribution in [0.4, 0.5) is 5.69 Å². The van der Waals surface area contributed by atoms with Gasteiger partial charge in [0, 0.05) is 18.0 Å². The number of anilines is 1. The molecule has 1 aromatic heterocycles. The average Bonchev–Trinajstić information content (AvgIpc) is 2.41. The average molecular weight is 284 g/mol. The molecule has 0 atom stereocenters. The second-order valence-electron chi connectivity index (χ2n) is 6.04. The zero-order valence-electron chi connectivity index (χ0n) is 12.6. The molecule has 2 aromatic rings. The van der Waals surface area contributed by atoms with Gasteiger partial charge in [-0.15, -0.1) is 0 Å². The molecule has 0 aliphatic carbocycles. The Morgan fingerprint density at radius 1 is 1.10 bits per heavy atom. The topological polar surface area (TPSA) is 51.1 Å². The fourth-order valence-electron chi connectivity index (χ4n) is 2.00. The van der Waals surface area contributed by atoms with Crippen molar-refractivity contribution < 1.29 is 4.79 Å². The largest absolute Gasteiger partial charge is 0.325 e. The molecule has 0 aliphatic heterocycles. The molecule has 4 nitrogen and oxygen atoms in total. The van der Waals surface area contributed by atoms with Crippen molar-refractivity contribution in [3.05, 3.63) is 64.6 Å². The highest BCUT2D eigenvalue weighted by molar-refractivity contribution is 5.90. The third kappa shape index (κ3) is 4.05. The van der Waals surface area contributed by atoms with Crippen molar-refractivity contribution in [1.29, 1.82) is 0 Å².